The molecule has 0 atom stereocenters. The van der Waals surface area contributed by atoms with Gasteiger partial charge in [0.25, 0.3) is 5.91 Å². The maximum atomic E-state index is 10.6. The summed E-state index contributed by atoms with van der Waals surface area (Å²) >= 11 is 0. The summed E-state index contributed by atoms with van der Waals surface area (Å²) in [5.41, 5.74) is 0. The molecule has 7 nitrogen and oxygen atoms in total. The van der Waals surface area contributed by atoms with Gasteiger partial charge in [0.15, 0.2) is 0 Å². The minimum atomic E-state index is -0.234. The molecule has 0 bridgehead atoms. The average molecular weight is 583 g/mol. The lowest BCUT2D eigenvalue weighted by Gasteiger charge is -2.05. The van der Waals surface area contributed by atoms with Crippen molar-refractivity contribution in [3.63, 3.8) is 0 Å². The minimum Gasteiger partial charge on any atom is -0.356 e. The Hall–Kier alpha value is -2.59. The van der Waals surface area contributed by atoms with Crippen LogP contribution in [0.4, 0.5) is 0 Å². The molecule has 0 radical (unpaired) electrons. The molecule has 0 saturated heterocycles. The first kappa shape index (κ1) is 51.2. The molecule has 7 heteroatoms. The highest BCUT2D eigenvalue weighted by atomic mass is 16.2. The zero-order valence-electron chi connectivity index (χ0n) is 29.3. The van der Waals surface area contributed by atoms with E-state index in [1.54, 1.807) is 28.1 Å². The average Bonchev–Trinajstić information content (AvgIpc) is 2.89. The molecule has 0 aromatic rings. The first-order chi connectivity index (χ1) is 19.8. The number of nitrogens with one attached hydrogen (secondary N) is 3. The minimum absolute atomic E-state index is 0.0538. The van der Waals surface area contributed by atoms with Gasteiger partial charge in [-0.1, -0.05) is 137 Å². The summed E-state index contributed by atoms with van der Waals surface area (Å²) in [4.78, 5) is 32.6. The number of hydrogen-bond acceptors (Lipinski definition) is 4. The second-order valence-corrected chi connectivity index (χ2v) is 8.29. The lowest BCUT2D eigenvalue weighted by atomic mass is 10.0. The molecular formula is C34H70N4O3. The number of likely N-dealkylation sites (N-methyl/N-ethyl adjacent to an activating group) is 3. The molecule has 3 aliphatic rings. The smallest absolute Gasteiger partial charge is 0.295 e. The Kier molecular flexibility index (Phi) is 66.9. The molecule has 3 amide bonds. The highest BCUT2D eigenvalue weighted by Crippen LogP contribution is 2.15. The van der Waals surface area contributed by atoms with Gasteiger partial charge >= 0.3 is 0 Å². The number of nitrogens with zero attached hydrogens (tertiary/aromatic N) is 1. The Morgan fingerprint density at radius 2 is 0.976 bits per heavy atom. The van der Waals surface area contributed by atoms with E-state index in [9.17, 15) is 14.4 Å². The van der Waals surface area contributed by atoms with Crippen LogP contribution in [0.3, 0.4) is 0 Å². The van der Waals surface area contributed by atoms with E-state index >= 15 is 0 Å². The van der Waals surface area contributed by atoms with E-state index in [0.717, 1.165) is 6.54 Å². The summed E-state index contributed by atoms with van der Waals surface area (Å²) < 4.78 is 0. The summed E-state index contributed by atoms with van der Waals surface area (Å²) in [5, 5.41) is 7.21. The van der Waals surface area contributed by atoms with E-state index in [4.69, 9.17) is 0 Å². The summed E-state index contributed by atoms with van der Waals surface area (Å²) in [6.45, 7) is 17.6. The van der Waals surface area contributed by atoms with Crippen LogP contribution >= 0.6 is 0 Å². The van der Waals surface area contributed by atoms with E-state index in [0.29, 0.717) is 0 Å². The van der Waals surface area contributed by atoms with Crippen molar-refractivity contribution >= 4 is 17.7 Å². The number of carbonyl (C=O) groups is 3. The molecule has 0 unspecified atom stereocenters. The molecule has 3 saturated carbocycles. The molecule has 0 heterocycles. The Morgan fingerprint density at radius 1 is 0.659 bits per heavy atom. The van der Waals surface area contributed by atoms with Crippen LogP contribution in [0, 0.1) is 11.8 Å². The Bertz CT molecular complexity index is 578. The highest BCUT2D eigenvalue weighted by Gasteiger charge is 1.96. The summed E-state index contributed by atoms with van der Waals surface area (Å²) in [6, 6.07) is 0. The standard InChI is InChI=1S/C7H14N2O.C5H7NO.C4H7NO.3C4H8.3C2H6/c1-8-7(10)5-4-6-9(2)3;1-3-4-5(7)6-2;1-3-4(6)5-2;3*1-2-4-3-1;3*1-2/h4-5H,6H2,1-3H3,(H,8,10);1-2H3,(H,6,7);3H,1H2,2H3,(H,5,6);3*1-4H2;3*1-2H3/b5-4+;;;;;;;;. The van der Waals surface area contributed by atoms with Crippen molar-refractivity contribution in [1.82, 2.24) is 20.9 Å². The quantitative estimate of drug-likeness (QED) is 0.240. The lowest BCUT2D eigenvalue weighted by Crippen LogP contribution is -2.16. The van der Waals surface area contributed by atoms with Crippen molar-refractivity contribution in [3.8, 4) is 11.8 Å². The molecular weight excluding hydrogens is 512 g/mol. The monoisotopic (exact) mass is 583 g/mol. The van der Waals surface area contributed by atoms with Crippen molar-refractivity contribution in [1.29, 1.82) is 0 Å². The van der Waals surface area contributed by atoms with Crippen LogP contribution in [-0.4, -0.2) is 64.4 Å². The van der Waals surface area contributed by atoms with Crippen molar-refractivity contribution in [2.45, 2.75) is 126 Å². The Labute approximate surface area is 256 Å². The molecule has 3 N–H and O–H groups in total. The molecule has 3 aliphatic carbocycles. The van der Waals surface area contributed by atoms with E-state index in [-0.39, 0.29) is 17.7 Å². The van der Waals surface area contributed by atoms with Gasteiger partial charge in [0, 0.05) is 33.8 Å². The van der Waals surface area contributed by atoms with Crippen molar-refractivity contribution < 1.29 is 14.4 Å². The predicted octanol–water partition coefficient (Wildman–Crippen LogP) is 7.28. The second-order valence-electron chi connectivity index (χ2n) is 8.29. The van der Waals surface area contributed by atoms with Gasteiger partial charge in [-0.2, -0.15) is 0 Å². The van der Waals surface area contributed by atoms with Crippen LogP contribution in [0.2, 0.25) is 0 Å². The third-order valence-electron chi connectivity index (χ3n) is 4.88. The van der Waals surface area contributed by atoms with E-state index in [2.05, 4.69) is 34.4 Å². The number of hydrogen-bond donors (Lipinski definition) is 3. The van der Waals surface area contributed by atoms with Crippen LogP contribution in [0.5, 0.6) is 0 Å². The first-order valence-corrected chi connectivity index (χ1v) is 15.8. The maximum Gasteiger partial charge on any atom is 0.295 e. The lowest BCUT2D eigenvalue weighted by molar-refractivity contribution is -0.116. The Morgan fingerprint density at radius 3 is 1.10 bits per heavy atom. The fourth-order valence-corrected chi connectivity index (χ4v) is 1.48. The highest BCUT2D eigenvalue weighted by molar-refractivity contribution is 5.93. The van der Waals surface area contributed by atoms with Gasteiger partial charge < -0.3 is 20.9 Å². The Balaban J connectivity index is -0.0000000885. The van der Waals surface area contributed by atoms with Gasteiger partial charge in [-0.15, -0.1) is 0 Å². The molecule has 41 heavy (non-hydrogen) atoms. The van der Waals surface area contributed by atoms with Gasteiger partial charge in [0.1, 0.15) is 0 Å². The van der Waals surface area contributed by atoms with Gasteiger partial charge in [-0.05, 0) is 33.0 Å². The molecule has 3 fully saturated rings. The maximum absolute atomic E-state index is 10.6. The molecule has 0 aromatic carbocycles. The molecule has 0 aromatic heterocycles. The molecule has 0 aliphatic heterocycles. The summed E-state index contributed by atoms with van der Waals surface area (Å²) in [5.74, 6) is 4.32. The van der Waals surface area contributed by atoms with Gasteiger partial charge in [-0.3, -0.25) is 14.4 Å². The van der Waals surface area contributed by atoms with Crippen LogP contribution in [0.15, 0.2) is 24.8 Å². The largest absolute Gasteiger partial charge is 0.356 e. The summed E-state index contributed by atoms with van der Waals surface area (Å²) in [6.07, 6.45) is 22.6. The number of carbonyl (C=O) groups excluding carboxylic acids is 3. The van der Waals surface area contributed by atoms with Crippen LogP contribution in [-0.2, 0) is 14.4 Å². The predicted molar refractivity (Wildman–Crippen MR) is 183 cm³/mol. The van der Waals surface area contributed by atoms with Crippen LogP contribution < -0.4 is 16.0 Å². The van der Waals surface area contributed by atoms with Gasteiger partial charge in [0.2, 0.25) is 11.8 Å². The molecule has 244 valence electrons. The van der Waals surface area contributed by atoms with Crippen molar-refractivity contribution in [2.75, 3.05) is 41.8 Å². The van der Waals surface area contributed by atoms with Gasteiger partial charge in [0.05, 0.1) is 0 Å². The second kappa shape index (κ2) is 53.6. The van der Waals surface area contributed by atoms with Crippen LogP contribution in [0.25, 0.3) is 0 Å². The van der Waals surface area contributed by atoms with Crippen molar-refractivity contribution in [3.05, 3.63) is 24.8 Å². The first-order valence-electron chi connectivity index (χ1n) is 15.8. The topological polar surface area (TPSA) is 90.5 Å². The zero-order valence-corrected chi connectivity index (χ0v) is 29.3. The van der Waals surface area contributed by atoms with E-state index in [1.807, 2.05) is 66.6 Å². The molecule has 3 rings (SSSR count). The number of rotatable bonds is 4. The summed E-state index contributed by atoms with van der Waals surface area (Å²) in [7, 11) is 8.63. The SMILES string of the molecule is C1CCC1.C1CCC1.C1CCC1.C=CC(=O)NC.CC.CC.CC.CC#CC(=O)NC.CNC(=O)/C=C/CN(C)C. The van der Waals surface area contributed by atoms with Crippen molar-refractivity contribution in [2.24, 2.45) is 0 Å². The van der Waals surface area contributed by atoms with Gasteiger partial charge in [-0.25, -0.2) is 0 Å². The normalized spacial score (nSPS) is 12.1. The van der Waals surface area contributed by atoms with E-state index in [1.165, 1.54) is 89.2 Å². The fourth-order valence-electron chi connectivity index (χ4n) is 1.48. The fraction of sp³-hybridized carbons (Fsp3) is 0.735. The van der Waals surface area contributed by atoms with Crippen LogP contribution in [0.1, 0.15) is 126 Å². The third kappa shape index (κ3) is 67.3. The number of amides is 3. The molecule has 0 spiro atoms. The van der Waals surface area contributed by atoms with E-state index < -0.39 is 0 Å². The zero-order chi connectivity index (χ0) is 33.2. The third-order valence-corrected chi connectivity index (χ3v) is 4.88.